The van der Waals surface area contributed by atoms with Gasteiger partial charge in [-0.3, -0.25) is 0 Å². The van der Waals surface area contributed by atoms with Gasteiger partial charge < -0.3 is 0 Å². The summed E-state index contributed by atoms with van der Waals surface area (Å²) in [6.07, 6.45) is 21.8. The van der Waals surface area contributed by atoms with E-state index in [4.69, 9.17) is 0 Å². The largest absolute Gasteiger partial charge is 0.204 e. The molecule has 0 saturated heterocycles. The van der Waals surface area contributed by atoms with Gasteiger partial charge in [0.2, 0.25) is 0 Å². The summed E-state index contributed by atoms with van der Waals surface area (Å²) < 4.78 is 26.4. The van der Waals surface area contributed by atoms with Crippen molar-refractivity contribution < 1.29 is 8.78 Å². The third kappa shape index (κ3) is 6.42. The molecule has 156 valence electrons. The molecule has 0 bridgehead atoms. The van der Waals surface area contributed by atoms with Crippen molar-refractivity contribution in [3.8, 4) is 0 Å². The van der Waals surface area contributed by atoms with E-state index >= 15 is 0 Å². The fourth-order valence-electron chi connectivity index (χ4n) is 5.43. The number of aryl methyl sites for hydroxylation is 1. The highest BCUT2D eigenvalue weighted by Gasteiger charge is 2.30. The molecule has 2 fully saturated rings. The first-order chi connectivity index (χ1) is 13.7. The first kappa shape index (κ1) is 21.5. The van der Waals surface area contributed by atoms with Crippen LogP contribution < -0.4 is 0 Å². The number of benzene rings is 1. The number of hydrogen-bond acceptors (Lipinski definition) is 0. The summed E-state index contributed by atoms with van der Waals surface area (Å²) in [6, 6.07) is 4.37. The van der Waals surface area contributed by atoms with Crippen LogP contribution in [0.1, 0.15) is 89.5 Å². The van der Waals surface area contributed by atoms with Crippen LogP contribution in [0, 0.1) is 35.3 Å². The van der Waals surface area contributed by atoms with Gasteiger partial charge in [-0.15, -0.1) is 0 Å². The van der Waals surface area contributed by atoms with E-state index in [1.165, 1.54) is 82.8 Å². The van der Waals surface area contributed by atoms with Crippen molar-refractivity contribution in [2.24, 2.45) is 23.7 Å². The Labute approximate surface area is 170 Å². The molecule has 2 saturated carbocycles. The molecule has 0 nitrogen and oxygen atoms in total. The zero-order valence-corrected chi connectivity index (χ0v) is 17.6. The predicted octanol–water partition coefficient (Wildman–Crippen LogP) is 8.26. The summed E-state index contributed by atoms with van der Waals surface area (Å²) in [5.41, 5.74) is 0.936. The van der Waals surface area contributed by atoms with Crippen LogP contribution in [-0.4, -0.2) is 0 Å². The minimum absolute atomic E-state index is 0.711. The molecular formula is C26H38F2. The fraction of sp³-hybridized carbons (Fsp3) is 0.692. The summed E-state index contributed by atoms with van der Waals surface area (Å²) in [5, 5.41) is 0. The zero-order chi connectivity index (χ0) is 19.8. The zero-order valence-electron chi connectivity index (χ0n) is 17.6. The molecule has 0 amide bonds. The Morgan fingerprint density at radius 2 is 1.57 bits per heavy atom. The number of allylic oxidation sites excluding steroid dienone is 2. The minimum Gasteiger partial charge on any atom is -0.204 e. The first-order valence-electron chi connectivity index (χ1n) is 11.8. The van der Waals surface area contributed by atoms with Crippen LogP contribution in [0.2, 0.25) is 0 Å². The van der Waals surface area contributed by atoms with Gasteiger partial charge in [-0.1, -0.05) is 50.8 Å². The van der Waals surface area contributed by atoms with Gasteiger partial charge in [-0.05, 0) is 99.2 Å². The van der Waals surface area contributed by atoms with E-state index in [9.17, 15) is 8.78 Å². The van der Waals surface area contributed by atoms with Gasteiger partial charge in [0.25, 0.3) is 0 Å². The van der Waals surface area contributed by atoms with Crippen LogP contribution in [0.5, 0.6) is 0 Å². The molecule has 0 unspecified atom stereocenters. The van der Waals surface area contributed by atoms with Crippen LogP contribution in [0.25, 0.3) is 0 Å². The highest BCUT2D eigenvalue weighted by Crippen LogP contribution is 2.42. The standard InChI is InChI=1S/C26H38F2/c1-2-3-4-5-6-20-9-14-23(15-10-20)24-16-11-21(12-17-24)7-8-22-13-18-25(27)26(28)19-22/h5-6,13,18-21,23-24H,2-4,7-12,14-17H2,1H3/b6-5+/t20-,21?,23-,24?. The Kier molecular flexibility index (Phi) is 8.55. The van der Waals surface area contributed by atoms with Gasteiger partial charge in [-0.25, -0.2) is 8.78 Å². The molecule has 2 heteroatoms. The van der Waals surface area contributed by atoms with E-state index < -0.39 is 11.6 Å². The maximum absolute atomic E-state index is 13.4. The second-order valence-electron chi connectivity index (χ2n) is 9.31. The van der Waals surface area contributed by atoms with Crippen molar-refractivity contribution in [3.63, 3.8) is 0 Å². The topological polar surface area (TPSA) is 0 Å². The van der Waals surface area contributed by atoms with Gasteiger partial charge in [0.05, 0.1) is 0 Å². The van der Waals surface area contributed by atoms with Crippen LogP contribution in [-0.2, 0) is 6.42 Å². The summed E-state index contributed by atoms with van der Waals surface area (Å²) in [7, 11) is 0. The van der Waals surface area contributed by atoms with Gasteiger partial charge >= 0.3 is 0 Å². The highest BCUT2D eigenvalue weighted by atomic mass is 19.2. The molecule has 3 rings (SSSR count). The molecular weight excluding hydrogens is 350 g/mol. The number of halogens is 2. The van der Waals surface area contributed by atoms with Gasteiger partial charge in [0, 0.05) is 0 Å². The second kappa shape index (κ2) is 11.1. The molecule has 0 spiro atoms. The summed E-state index contributed by atoms with van der Waals surface area (Å²) in [5.74, 6) is 2.03. The van der Waals surface area contributed by atoms with E-state index in [1.807, 2.05) is 0 Å². The van der Waals surface area contributed by atoms with E-state index in [0.29, 0.717) is 0 Å². The SMILES string of the molecule is CCCC/C=C/[C@H]1CC[C@H](C2CCC(CCc3ccc(F)c(F)c3)CC2)CC1. The van der Waals surface area contributed by atoms with Crippen LogP contribution in [0.3, 0.4) is 0 Å². The highest BCUT2D eigenvalue weighted by molar-refractivity contribution is 5.17. The lowest BCUT2D eigenvalue weighted by Crippen LogP contribution is -2.25. The molecule has 0 aliphatic heterocycles. The minimum atomic E-state index is -0.740. The first-order valence-corrected chi connectivity index (χ1v) is 11.8. The lowest BCUT2D eigenvalue weighted by Gasteiger charge is -2.37. The number of unbranched alkanes of at least 4 members (excludes halogenated alkanes) is 2. The third-order valence-electron chi connectivity index (χ3n) is 7.33. The van der Waals surface area contributed by atoms with Crippen molar-refractivity contribution in [1.82, 2.24) is 0 Å². The van der Waals surface area contributed by atoms with Gasteiger partial charge in [0.1, 0.15) is 0 Å². The Morgan fingerprint density at radius 1 is 0.893 bits per heavy atom. The Balaban J connectivity index is 1.34. The molecule has 0 heterocycles. The van der Waals surface area contributed by atoms with Crippen molar-refractivity contribution in [2.45, 2.75) is 90.4 Å². The molecule has 0 atom stereocenters. The Morgan fingerprint density at radius 3 is 2.21 bits per heavy atom. The Hall–Kier alpha value is -1.18. The van der Waals surface area contributed by atoms with Gasteiger partial charge in [0.15, 0.2) is 11.6 Å². The monoisotopic (exact) mass is 388 g/mol. The van der Waals surface area contributed by atoms with Gasteiger partial charge in [-0.2, -0.15) is 0 Å². The quantitative estimate of drug-likeness (QED) is 0.310. The molecule has 2 aliphatic carbocycles. The molecule has 1 aromatic rings. The summed E-state index contributed by atoms with van der Waals surface area (Å²) >= 11 is 0. The predicted molar refractivity (Wildman–Crippen MR) is 114 cm³/mol. The average molecular weight is 389 g/mol. The number of hydrogen-bond donors (Lipinski definition) is 0. The van der Waals surface area contributed by atoms with Crippen molar-refractivity contribution in [3.05, 3.63) is 47.5 Å². The molecule has 0 N–H and O–H groups in total. The van der Waals surface area contributed by atoms with Crippen LogP contribution in [0.4, 0.5) is 8.78 Å². The normalized spacial score (nSPS) is 28.7. The van der Waals surface area contributed by atoms with E-state index in [1.54, 1.807) is 6.07 Å². The maximum Gasteiger partial charge on any atom is 0.159 e. The van der Waals surface area contributed by atoms with E-state index in [0.717, 1.165) is 42.1 Å². The smallest absolute Gasteiger partial charge is 0.159 e. The average Bonchev–Trinajstić information content (AvgIpc) is 2.73. The fourth-order valence-corrected chi connectivity index (χ4v) is 5.43. The lowest BCUT2D eigenvalue weighted by atomic mass is 9.68. The molecule has 0 aromatic heterocycles. The van der Waals surface area contributed by atoms with Crippen molar-refractivity contribution in [1.29, 1.82) is 0 Å². The van der Waals surface area contributed by atoms with Crippen molar-refractivity contribution in [2.75, 3.05) is 0 Å². The molecule has 2 aliphatic rings. The third-order valence-corrected chi connectivity index (χ3v) is 7.33. The molecule has 28 heavy (non-hydrogen) atoms. The van der Waals surface area contributed by atoms with E-state index in [-0.39, 0.29) is 0 Å². The Bertz CT molecular complexity index is 605. The van der Waals surface area contributed by atoms with E-state index in [2.05, 4.69) is 19.1 Å². The number of rotatable bonds is 8. The van der Waals surface area contributed by atoms with Crippen molar-refractivity contribution >= 4 is 0 Å². The molecule has 1 aromatic carbocycles. The maximum atomic E-state index is 13.4. The second-order valence-corrected chi connectivity index (χ2v) is 9.31. The van der Waals surface area contributed by atoms with Crippen LogP contribution in [0.15, 0.2) is 30.4 Å². The van der Waals surface area contributed by atoms with Crippen LogP contribution >= 0.6 is 0 Å². The summed E-state index contributed by atoms with van der Waals surface area (Å²) in [6.45, 7) is 2.26. The lowest BCUT2D eigenvalue weighted by molar-refractivity contribution is 0.152. The summed E-state index contributed by atoms with van der Waals surface area (Å²) in [4.78, 5) is 0. The molecule has 0 radical (unpaired) electrons.